The highest BCUT2D eigenvalue weighted by Gasteiger charge is 2.36. The van der Waals surface area contributed by atoms with E-state index in [2.05, 4.69) is 16.4 Å². The van der Waals surface area contributed by atoms with Crippen LogP contribution in [0.1, 0.15) is 43.2 Å². The van der Waals surface area contributed by atoms with Crippen LogP contribution in [0, 0.1) is 18.3 Å². The Hall–Kier alpha value is -2.91. The van der Waals surface area contributed by atoms with E-state index in [1.807, 2.05) is 30.3 Å². The maximum Gasteiger partial charge on any atom is 0.251 e. The number of rotatable bonds is 5. The number of nitrogens with one attached hydrogen (secondary N) is 2. The third-order valence-electron chi connectivity index (χ3n) is 5.57. The summed E-state index contributed by atoms with van der Waals surface area (Å²) in [5.41, 5.74) is 8.72. The quantitative estimate of drug-likeness (QED) is 0.742. The Morgan fingerprint density at radius 3 is 2.57 bits per heavy atom. The van der Waals surface area contributed by atoms with Gasteiger partial charge in [-0.05, 0) is 42.5 Å². The lowest BCUT2D eigenvalue weighted by Crippen LogP contribution is -2.57. The standard InChI is InChI=1S/C22H26N4O2/c1-15-19(9-12-25-20(15)27)17-7-5-16(6-8-17)13-18(14-23)26-21(28)22(24)10-3-2-4-11-22/h5-9,12,18H,2-4,10-11,13,24H2,1H3,(H,25,27)(H,26,28)/t18-/m0/s1. The van der Waals surface area contributed by atoms with Gasteiger partial charge in [0.25, 0.3) is 5.56 Å². The fourth-order valence-electron chi connectivity index (χ4n) is 3.77. The van der Waals surface area contributed by atoms with Crippen molar-refractivity contribution in [1.82, 2.24) is 10.3 Å². The zero-order valence-corrected chi connectivity index (χ0v) is 16.1. The Kier molecular flexibility index (Phi) is 5.96. The van der Waals surface area contributed by atoms with E-state index in [9.17, 15) is 14.9 Å². The maximum absolute atomic E-state index is 12.6. The summed E-state index contributed by atoms with van der Waals surface area (Å²) < 4.78 is 0. The van der Waals surface area contributed by atoms with Gasteiger partial charge in [-0.25, -0.2) is 0 Å². The molecular weight excluding hydrogens is 352 g/mol. The van der Waals surface area contributed by atoms with Crippen molar-refractivity contribution in [2.45, 2.75) is 57.0 Å². The van der Waals surface area contributed by atoms with Gasteiger partial charge in [0.2, 0.25) is 5.91 Å². The van der Waals surface area contributed by atoms with Crippen LogP contribution in [-0.2, 0) is 11.2 Å². The van der Waals surface area contributed by atoms with E-state index < -0.39 is 11.6 Å². The van der Waals surface area contributed by atoms with Crippen LogP contribution in [0.4, 0.5) is 0 Å². The molecule has 4 N–H and O–H groups in total. The summed E-state index contributed by atoms with van der Waals surface area (Å²) in [5, 5.41) is 12.3. The molecule has 1 aromatic heterocycles. The highest BCUT2D eigenvalue weighted by Crippen LogP contribution is 2.26. The lowest BCUT2D eigenvalue weighted by Gasteiger charge is -2.32. The number of benzene rings is 1. The normalized spacial score (nSPS) is 16.8. The topological polar surface area (TPSA) is 112 Å². The van der Waals surface area contributed by atoms with Crippen LogP contribution in [0.3, 0.4) is 0 Å². The average Bonchev–Trinajstić information content (AvgIpc) is 2.70. The van der Waals surface area contributed by atoms with E-state index in [-0.39, 0.29) is 11.5 Å². The van der Waals surface area contributed by atoms with Crippen molar-refractivity contribution in [2.24, 2.45) is 5.73 Å². The van der Waals surface area contributed by atoms with Crippen molar-refractivity contribution in [3.05, 3.63) is 58.0 Å². The predicted octanol–water partition coefficient (Wildman–Crippen LogP) is 2.56. The summed E-state index contributed by atoms with van der Waals surface area (Å²) in [6.45, 7) is 1.79. The Labute approximate surface area is 164 Å². The Bertz CT molecular complexity index is 934. The number of amides is 1. The Morgan fingerprint density at radius 2 is 1.93 bits per heavy atom. The summed E-state index contributed by atoms with van der Waals surface area (Å²) in [6.07, 6.45) is 6.38. The molecule has 0 radical (unpaired) electrons. The lowest BCUT2D eigenvalue weighted by atomic mass is 9.81. The van der Waals surface area contributed by atoms with E-state index in [1.165, 1.54) is 0 Å². The summed E-state index contributed by atoms with van der Waals surface area (Å²) in [6, 6.07) is 11.1. The van der Waals surface area contributed by atoms with E-state index in [4.69, 9.17) is 5.73 Å². The lowest BCUT2D eigenvalue weighted by molar-refractivity contribution is -0.127. The first kappa shape index (κ1) is 19.8. The summed E-state index contributed by atoms with van der Waals surface area (Å²) in [4.78, 5) is 27.0. The molecule has 1 aliphatic rings. The molecule has 6 nitrogen and oxygen atoms in total. The molecule has 6 heteroatoms. The van der Waals surface area contributed by atoms with Crippen LogP contribution in [0.25, 0.3) is 11.1 Å². The molecule has 1 amide bonds. The van der Waals surface area contributed by atoms with Crippen molar-refractivity contribution >= 4 is 5.91 Å². The third-order valence-corrected chi connectivity index (χ3v) is 5.57. The molecule has 2 aromatic rings. The summed E-state index contributed by atoms with van der Waals surface area (Å²) in [7, 11) is 0. The Balaban J connectivity index is 1.68. The van der Waals surface area contributed by atoms with Gasteiger partial charge in [0, 0.05) is 18.2 Å². The number of pyridine rings is 1. The highest BCUT2D eigenvalue weighted by atomic mass is 16.2. The van der Waals surface area contributed by atoms with E-state index >= 15 is 0 Å². The minimum Gasteiger partial charge on any atom is -0.338 e. The molecule has 1 atom stereocenters. The van der Waals surface area contributed by atoms with Gasteiger partial charge in [-0.15, -0.1) is 0 Å². The zero-order valence-electron chi connectivity index (χ0n) is 16.1. The van der Waals surface area contributed by atoms with Crippen molar-refractivity contribution < 1.29 is 4.79 Å². The molecule has 0 bridgehead atoms. The van der Waals surface area contributed by atoms with Crippen LogP contribution >= 0.6 is 0 Å². The van der Waals surface area contributed by atoms with Gasteiger partial charge in [-0.3, -0.25) is 9.59 Å². The first-order chi connectivity index (χ1) is 13.4. The molecule has 0 spiro atoms. The number of nitrogens with zero attached hydrogens (tertiary/aromatic N) is 1. The summed E-state index contributed by atoms with van der Waals surface area (Å²) >= 11 is 0. The molecule has 0 aliphatic heterocycles. The van der Waals surface area contributed by atoms with Crippen LogP contribution in [0.5, 0.6) is 0 Å². The van der Waals surface area contributed by atoms with Crippen molar-refractivity contribution in [2.75, 3.05) is 0 Å². The van der Waals surface area contributed by atoms with Gasteiger partial charge in [0.15, 0.2) is 0 Å². The van der Waals surface area contributed by atoms with Crippen molar-refractivity contribution in [3.8, 4) is 17.2 Å². The van der Waals surface area contributed by atoms with E-state index in [1.54, 1.807) is 13.1 Å². The minimum absolute atomic E-state index is 0.104. The maximum atomic E-state index is 12.6. The van der Waals surface area contributed by atoms with Gasteiger partial charge >= 0.3 is 0 Å². The van der Waals surface area contributed by atoms with Gasteiger partial charge in [-0.2, -0.15) is 5.26 Å². The average molecular weight is 378 g/mol. The molecule has 1 heterocycles. The number of nitriles is 1. The number of aromatic nitrogens is 1. The highest BCUT2D eigenvalue weighted by molar-refractivity contribution is 5.86. The molecule has 3 rings (SSSR count). The fraction of sp³-hybridized carbons (Fsp3) is 0.409. The molecule has 1 saturated carbocycles. The van der Waals surface area contributed by atoms with Gasteiger partial charge in [0.05, 0.1) is 11.6 Å². The van der Waals surface area contributed by atoms with E-state index in [0.29, 0.717) is 24.8 Å². The van der Waals surface area contributed by atoms with Crippen molar-refractivity contribution in [1.29, 1.82) is 5.26 Å². The molecule has 1 fully saturated rings. The first-order valence-electron chi connectivity index (χ1n) is 9.70. The smallest absolute Gasteiger partial charge is 0.251 e. The third kappa shape index (κ3) is 4.32. The number of H-pyrrole nitrogens is 1. The van der Waals surface area contributed by atoms with Crippen LogP contribution in [0.2, 0.25) is 0 Å². The number of carbonyl (C=O) groups excluding carboxylic acids is 1. The minimum atomic E-state index is -0.852. The predicted molar refractivity (Wildman–Crippen MR) is 108 cm³/mol. The number of aromatic amines is 1. The number of nitrogens with two attached hydrogens (primary N) is 1. The second-order valence-electron chi connectivity index (χ2n) is 7.62. The molecule has 0 saturated heterocycles. The molecule has 28 heavy (non-hydrogen) atoms. The number of hydrogen-bond acceptors (Lipinski definition) is 4. The van der Waals surface area contributed by atoms with Gasteiger partial charge < -0.3 is 16.0 Å². The van der Waals surface area contributed by atoms with Gasteiger partial charge in [0.1, 0.15) is 6.04 Å². The Morgan fingerprint density at radius 1 is 1.25 bits per heavy atom. The molecular formula is C22H26N4O2. The van der Waals surface area contributed by atoms with E-state index in [0.717, 1.165) is 36.0 Å². The zero-order chi connectivity index (χ0) is 20.1. The molecule has 1 aliphatic carbocycles. The summed E-state index contributed by atoms with van der Waals surface area (Å²) in [5.74, 6) is -0.227. The van der Waals surface area contributed by atoms with Crippen LogP contribution in [0.15, 0.2) is 41.3 Å². The largest absolute Gasteiger partial charge is 0.338 e. The SMILES string of the molecule is Cc1c(-c2ccc(C[C@@H](C#N)NC(=O)C3(N)CCCCC3)cc2)cc[nH]c1=O. The molecule has 1 aromatic carbocycles. The van der Waals surface area contributed by atoms with Crippen LogP contribution in [-0.4, -0.2) is 22.5 Å². The fourth-order valence-corrected chi connectivity index (χ4v) is 3.77. The van der Waals surface area contributed by atoms with Gasteiger partial charge in [-0.1, -0.05) is 43.5 Å². The van der Waals surface area contributed by atoms with Crippen molar-refractivity contribution in [3.63, 3.8) is 0 Å². The monoisotopic (exact) mass is 378 g/mol. The second-order valence-corrected chi connectivity index (χ2v) is 7.62. The van der Waals surface area contributed by atoms with Crippen LogP contribution < -0.4 is 16.6 Å². The molecule has 0 unspecified atom stereocenters. The molecule has 146 valence electrons. The number of hydrogen-bond donors (Lipinski definition) is 3. The first-order valence-corrected chi connectivity index (χ1v) is 9.70. The second kappa shape index (κ2) is 8.41. The number of carbonyl (C=O) groups is 1.